The summed E-state index contributed by atoms with van der Waals surface area (Å²) in [5.41, 5.74) is 2.55. The van der Waals surface area contributed by atoms with Gasteiger partial charge in [-0.3, -0.25) is 0 Å². The monoisotopic (exact) mass is 223 g/mol. The lowest BCUT2D eigenvalue weighted by Crippen LogP contribution is -2.05. The van der Waals surface area contributed by atoms with Crippen LogP contribution in [-0.2, 0) is 0 Å². The first-order chi connectivity index (χ1) is 7.18. The maximum Gasteiger partial charge on any atom is 0.0343 e. The molecule has 1 rings (SSSR count). The number of hydrogen-bond donors (Lipinski definition) is 1. The van der Waals surface area contributed by atoms with Crippen molar-refractivity contribution in [3.05, 3.63) is 29.8 Å². The predicted molar refractivity (Wildman–Crippen MR) is 71.8 cm³/mol. The van der Waals surface area contributed by atoms with Crippen LogP contribution in [0.25, 0.3) is 0 Å². The summed E-state index contributed by atoms with van der Waals surface area (Å²) in [5, 5.41) is 3.44. The quantitative estimate of drug-likeness (QED) is 0.736. The lowest BCUT2D eigenvalue weighted by Gasteiger charge is -2.07. The molecule has 0 radical (unpaired) electrons. The number of anilines is 1. The van der Waals surface area contributed by atoms with E-state index in [1.54, 1.807) is 0 Å². The summed E-state index contributed by atoms with van der Waals surface area (Å²) in [7, 11) is 0. The van der Waals surface area contributed by atoms with Gasteiger partial charge < -0.3 is 5.32 Å². The van der Waals surface area contributed by atoms with Crippen molar-refractivity contribution in [1.82, 2.24) is 0 Å². The normalized spacial score (nSPS) is 10.7. The van der Waals surface area contributed by atoms with E-state index < -0.39 is 0 Å². The lowest BCUT2D eigenvalue weighted by molar-refractivity contribution is 0.750. The van der Waals surface area contributed by atoms with Gasteiger partial charge in [0.05, 0.1) is 0 Å². The topological polar surface area (TPSA) is 12.0 Å². The molecular weight excluding hydrogens is 202 g/mol. The summed E-state index contributed by atoms with van der Waals surface area (Å²) in [6.45, 7) is 7.71. The van der Waals surface area contributed by atoms with Gasteiger partial charge in [-0.15, -0.1) is 0 Å². The fourth-order valence-electron chi connectivity index (χ4n) is 1.34. The third-order valence-electron chi connectivity index (χ3n) is 2.04. The van der Waals surface area contributed by atoms with E-state index in [9.17, 15) is 0 Å². The zero-order valence-corrected chi connectivity index (χ0v) is 10.7. The minimum absolute atomic E-state index is 0.800. The van der Waals surface area contributed by atoms with Crippen LogP contribution in [0, 0.1) is 12.8 Å². The van der Waals surface area contributed by atoms with Crippen molar-refractivity contribution < 1.29 is 0 Å². The molecule has 0 spiro atoms. The SMILES string of the molecule is Cc1cccc(NCCSCC(C)C)c1. The molecule has 1 nitrogen and oxygen atoms in total. The first-order valence-electron chi connectivity index (χ1n) is 5.57. The summed E-state index contributed by atoms with van der Waals surface area (Å²) in [5.74, 6) is 3.25. The molecule has 0 aromatic heterocycles. The van der Waals surface area contributed by atoms with Gasteiger partial charge in [-0.05, 0) is 36.3 Å². The second-order valence-corrected chi connectivity index (χ2v) is 5.41. The molecule has 0 aliphatic heterocycles. The molecule has 0 unspecified atom stereocenters. The van der Waals surface area contributed by atoms with Crippen LogP contribution < -0.4 is 5.32 Å². The Morgan fingerprint density at radius 1 is 1.33 bits per heavy atom. The van der Waals surface area contributed by atoms with E-state index in [2.05, 4.69) is 50.4 Å². The molecule has 0 aliphatic carbocycles. The standard InChI is InChI=1S/C13H21NS/c1-11(2)10-15-8-7-14-13-6-4-5-12(3)9-13/h4-6,9,11,14H,7-8,10H2,1-3H3. The number of rotatable bonds is 6. The number of hydrogen-bond acceptors (Lipinski definition) is 2. The fourth-order valence-corrected chi connectivity index (χ4v) is 2.23. The average Bonchev–Trinajstić information content (AvgIpc) is 2.17. The number of thioether (sulfide) groups is 1. The van der Waals surface area contributed by atoms with Gasteiger partial charge in [0.25, 0.3) is 0 Å². The molecule has 15 heavy (non-hydrogen) atoms. The number of aryl methyl sites for hydroxylation is 1. The zero-order valence-electron chi connectivity index (χ0n) is 9.92. The molecule has 2 heteroatoms. The molecule has 0 amide bonds. The van der Waals surface area contributed by atoms with Crippen LogP contribution in [0.2, 0.25) is 0 Å². The van der Waals surface area contributed by atoms with Gasteiger partial charge in [0, 0.05) is 18.0 Å². The van der Waals surface area contributed by atoms with Crippen molar-refractivity contribution >= 4 is 17.4 Å². The highest BCUT2D eigenvalue weighted by Crippen LogP contribution is 2.11. The minimum atomic E-state index is 0.800. The van der Waals surface area contributed by atoms with Crippen LogP contribution in [0.15, 0.2) is 24.3 Å². The highest BCUT2D eigenvalue weighted by Gasteiger charge is 1.95. The molecule has 0 aliphatic rings. The highest BCUT2D eigenvalue weighted by atomic mass is 32.2. The Balaban J connectivity index is 2.15. The largest absolute Gasteiger partial charge is 0.384 e. The Kier molecular flexibility index (Phi) is 5.62. The fraction of sp³-hybridized carbons (Fsp3) is 0.538. The third-order valence-corrected chi connectivity index (χ3v) is 3.44. The van der Waals surface area contributed by atoms with Crippen molar-refractivity contribution in [3.8, 4) is 0 Å². The van der Waals surface area contributed by atoms with Gasteiger partial charge in [-0.1, -0.05) is 26.0 Å². The maximum atomic E-state index is 3.44. The second kappa shape index (κ2) is 6.78. The summed E-state index contributed by atoms with van der Waals surface area (Å²) < 4.78 is 0. The highest BCUT2D eigenvalue weighted by molar-refractivity contribution is 7.99. The van der Waals surface area contributed by atoms with Gasteiger partial charge in [0.15, 0.2) is 0 Å². The minimum Gasteiger partial charge on any atom is -0.384 e. The predicted octanol–water partition coefficient (Wildman–Crippen LogP) is 3.80. The van der Waals surface area contributed by atoms with E-state index in [1.165, 1.54) is 22.8 Å². The smallest absolute Gasteiger partial charge is 0.0343 e. The molecule has 0 heterocycles. The van der Waals surface area contributed by atoms with Crippen molar-refractivity contribution in [2.45, 2.75) is 20.8 Å². The van der Waals surface area contributed by atoms with Crippen molar-refractivity contribution in [2.24, 2.45) is 5.92 Å². The maximum absolute atomic E-state index is 3.44. The molecule has 0 atom stereocenters. The molecule has 1 N–H and O–H groups in total. The lowest BCUT2D eigenvalue weighted by atomic mass is 10.2. The summed E-state index contributed by atoms with van der Waals surface area (Å²) in [4.78, 5) is 0. The molecule has 0 saturated carbocycles. The molecule has 84 valence electrons. The van der Waals surface area contributed by atoms with Gasteiger partial charge in [-0.25, -0.2) is 0 Å². The number of benzene rings is 1. The Morgan fingerprint density at radius 2 is 2.13 bits per heavy atom. The van der Waals surface area contributed by atoms with Gasteiger partial charge >= 0.3 is 0 Å². The summed E-state index contributed by atoms with van der Waals surface area (Å²) in [6, 6.07) is 8.53. The molecular formula is C13H21NS. The first kappa shape index (κ1) is 12.4. The third kappa shape index (κ3) is 5.73. The van der Waals surface area contributed by atoms with Crippen LogP contribution in [0.5, 0.6) is 0 Å². The van der Waals surface area contributed by atoms with Gasteiger partial charge in [0.1, 0.15) is 0 Å². The van der Waals surface area contributed by atoms with Crippen molar-refractivity contribution in [3.63, 3.8) is 0 Å². The van der Waals surface area contributed by atoms with Crippen LogP contribution in [0.3, 0.4) is 0 Å². The summed E-state index contributed by atoms with van der Waals surface area (Å²) >= 11 is 2.02. The summed E-state index contributed by atoms with van der Waals surface area (Å²) in [6.07, 6.45) is 0. The Labute approximate surface area is 97.7 Å². The molecule has 1 aromatic rings. The van der Waals surface area contributed by atoms with Gasteiger partial charge in [-0.2, -0.15) is 11.8 Å². The van der Waals surface area contributed by atoms with Crippen LogP contribution >= 0.6 is 11.8 Å². The van der Waals surface area contributed by atoms with Crippen LogP contribution in [-0.4, -0.2) is 18.1 Å². The van der Waals surface area contributed by atoms with E-state index in [-0.39, 0.29) is 0 Å². The first-order valence-corrected chi connectivity index (χ1v) is 6.72. The van der Waals surface area contributed by atoms with E-state index >= 15 is 0 Å². The zero-order chi connectivity index (χ0) is 11.1. The molecule has 0 saturated heterocycles. The Bertz CT molecular complexity index is 284. The molecule has 0 fully saturated rings. The van der Waals surface area contributed by atoms with Gasteiger partial charge in [0.2, 0.25) is 0 Å². The van der Waals surface area contributed by atoms with E-state index in [0.29, 0.717) is 0 Å². The van der Waals surface area contributed by atoms with E-state index in [4.69, 9.17) is 0 Å². The van der Waals surface area contributed by atoms with Crippen LogP contribution in [0.1, 0.15) is 19.4 Å². The average molecular weight is 223 g/mol. The Hall–Kier alpha value is -0.630. The van der Waals surface area contributed by atoms with Crippen LogP contribution in [0.4, 0.5) is 5.69 Å². The van der Waals surface area contributed by atoms with E-state index in [1.807, 2.05) is 11.8 Å². The molecule has 1 aromatic carbocycles. The Morgan fingerprint density at radius 3 is 2.80 bits per heavy atom. The number of nitrogens with one attached hydrogen (secondary N) is 1. The second-order valence-electron chi connectivity index (χ2n) is 4.27. The van der Waals surface area contributed by atoms with E-state index in [0.717, 1.165) is 12.5 Å². The molecule has 0 bridgehead atoms. The van der Waals surface area contributed by atoms with Crippen molar-refractivity contribution in [1.29, 1.82) is 0 Å². The van der Waals surface area contributed by atoms with Crippen molar-refractivity contribution in [2.75, 3.05) is 23.4 Å².